The highest BCUT2D eigenvalue weighted by Crippen LogP contribution is 2.21. The van der Waals surface area contributed by atoms with E-state index in [0.29, 0.717) is 19.0 Å². The van der Waals surface area contributed by atoms with Crippen molar-refractivity contribution in [1.82, 2.24) is 4.90 Å². The fourth-order valence-electron chi connectivity index (χ4n) is 2.03. The van der Waals surface area contributed by atoms with E-state index in [4.69, 9.17) is 16.3 Å². The Morgan fingerprint density at radius 3 is 2.63 bits per heavy atom. The van der Waals surface area contributed by atoms with Crippen LogP contribution in [0.3, 0.4) is 0 Å². The van der Waals surface area contributed by atoms with Crippen LogP contribution in [0.1, 0.15) is 6.42 Å². The first-order chi connectivity index (χ1) is 9.20. The molecule has 0 N–H and O–H groups in total. The van der Waals surface area contributed by atoms with E-state index in [1.54, 1.807) is 0 Å². The third-order valence-electron chi connectivity index (χ3n) is 3.11. The molecular formula is C14H19ClN2O2. The molecule has 1 saturated heterocycles. The number of carbonyl (C=O) groups excluding carboxylic acids is 1. The van der Waals surface area contributed by atoms with Gasteiger partial charge in [-0.15, -0.1) is 11.6 Å². The molecule has 0 saturated carbocycles. The van der Waals surface area contributed by atoms with Gasteiger partial charge in [0.05, 0.1) is 13.2 Å². The molecule has 1 heterocycles. The van der Waals surface area contributed by atoms with Crippen LogP contribution >= 0.6 is 11.6 Å². The van der Waals surface area contributed by atoms with Crippen LogP contribution in [0.25, 0.3) is 0 Å². The van der Waals surface area contributed by atoms with Crippen molar-refractivity contribution in [2.24, 2.45) is 0 Å². The molecule has 1 aromatic rings. The Morgan fingerprint density at radius 1 is 1.26 bits per heavy atom. The molecule has 5 heteroatoms. The summed E-state index contributed by atoms with van der Waals surface area (Å²) in [5.74, 6) is 1.56. The predicted octanol–water partition coefficient (Wildman–Crippen LogP) is 1.97. The zero-order valence-electron chi connectivity index (χ0n) is 11.1. The normalized spacial score (nSPS) is 16.7. The monoisotopic (exact) mass is 282 g/mol. The number of halogens is 1. The quantitative estimate of drug-likeness (QED) is 0.611. The number of rotatable bonds is 5. The van der Waals surface area contributed by atoms with E-state index < -0.39 is 0 Å². The van der Waals surface area contributed by atoms with E-state index in [1.807, 2.05) is 41.1 Å². The molecule has 0 radical (unpaired) electrons. The van der Waals surface area contributed by atoms with Gasteiger partial charge in [0.15, 0.2) is 0 Å². The molecule has 4 nitrogen and oxygen atoms in total. The molecule has 19 heavy (non-hydrogen) atoms. The first-order valence-corrected chi connectivity index (χ1v) is 7.02. The van der Waals surface area contributed by atoms with Crippen LogP contribution in [0.2, 0.25) is 0 Å². The van der Waals surface area contributed by atoms with Crippen molar-refractivity contribution in [3.63, 3.8) is 0 Å². The average Bonchev–Trinajstić information content (AvgIpc) is 2.40. The third kappa shape index (κ3) is 3.85. The first kappa shape index (κ1) is 14.2. The van der Waals surface area contributed by atoms with Crippen molar-refractivity contribution in [3.05, 3.63) is 24.3 Å². The van der Waals surface area contributed by atoms with E-state index in [0.717, 1.165) is 30.9 Å². The smallest absolute Gasteiger partial charge is 0.241 e. The minimum Gasteiger partial charge on any atom is -0.494 e. The fourth-order valence-corrected chi connectivity index (χ4v) is 2.14. The summed E-state index contributed by atoms with van der Waals surface area (Å²) in [6, 6.07) is 7.66. The molecule has 0 unspecified atom stereocenters. The molecule has 1 amide bonds. The lowest BCUT2D eigenvalue weighted by Crippen LogP contribution is -2.48. The molecule has 0 bridgehead atoms. The van der Waals surface area contributed by atoms with Crippen molar-refractivity contribution in [3.8, 4) is 5.75 Å². The molecule has 104 valence electrons. The number of nitrogens with zero attached hydrogens (tertiary/aromatic N) is 2. The maximum atomic E-state index is 11.9. The van der Waals surface area contributed by atoms with Gasteiger partial charge < -0.3 is 9.64 Å². The Morgan fingerprint density at radius 2 is 2.00 bits per heavy atom. The molecule has 0 atom stereocenters. The third-order valence-corrected chi connectivity index (χ3v) is 3.37. The van der Waals surface area contributed by atoms with E-state index >= 15 is 0 Å². The summed E-state index contributed by atoms with van der Waals surface area (Å²) in [5, 5.41) is 0. The first-order valence-electron chi connectivity index (χ1n) is 6.48. The molecule has 1 aliphatic rings. The summed E-state index contributed by atoms with van der Waals surface area (Å²) < 4.78 is 5.54. The van der Waals surface area contributed by atoms with Crippen LogP contribution in [0.4, 0.5) is 5.69 Å². The van der Waals surface area contributed by atoms with Crippen LogP contribution in [0.5, 0.6) is 5.75 Å². The summed E-state index contributed by atoms with van der Waals surface area (Å²) in [5.41, 5.74) is 0.933. The van der Waals surface area contributed by atoms with Crippen molar-refractivity contribution < 1.29 is 9.53 Å². The number of ether oxygens (including phenoxy) is 1. The largest absolute Gasteiger partial charge is 0.494 e. The second-order valence-corrected chi connectivity index (χ2v) is 5.05. The number of hydrogen-bond donors (Lipinski definition) is 0. The molecule has 1 aromatic carbocycles. The standard InChI is InChI=1S/C14H19ClN2O2/c1-16-8-9-17(14(18)11-16)12-3-5-13(6-4-12)19-10-2-7-15/h3-6H,2,7-11H2,1H3. The minimum atomic E-state index is 0.143. The van der Waals surface area contributed by atoms with Crippen LogP contribution in [0, 0.1) is 0 Å². The number of carbonyl (C=O) groups is 1. The molecule has 1 aliphatic heterocycles. The second-order valence-electron chi connectivity index (χ2n) is 4.67. The highest BCUT2D eigenvalue weighted by atomic mass is 35.5. The van der Waals surface area contributed by atoms with E-state index in [1.165, 1.54) is 0 Å². The van der Waals surface area contributed by atoms with Crippen molar-refractivity contribution in [2.75, 3.05) is 44.1 Å². The molecule has 0 aromatic heterocycles. The number of amides is 1. The Labute approximate surface area is 118 Å². The number of anilines is 1. The van der Waals surface area contributed by atoms with Gasteiger partial charge in [0, 0.05) is 24.7 Å². The van der Waals surface area contributed by atoms with E-state index in [9.17, 15) is 4.79 Å². The van der Waals surface area contributed by atoms with Crippen molar-refractivity contribution in [2.45, 2.75) is 6.42 Å². The van der Waals surface area contributed by atoms with Gasteiger partial charge in [-0.05, 0) is 37.7 Å². The lowest BCUT2D eigenvalue weighted by molar-refractivity contribution is -0.120. The SMILES string of the molecule is CN1CCN(c2ccc(OCCCCl)cc2)C(=O)C1. The number of piperazine rings is 1. The Hall–Kier alpha value is -1.26. The summed E-state index contributed by atoms with van der Waals surface area (Å²) >= 11 is 5.59. The Balaban J connectivity index is 1.96. The zero-order chi connectivity index (χ0) is 13.7. The Bertz CT molecular complexity index is 422. The predicted molar refractivity (Wildman–Crippen MR) is 77.1 cm³/mol. The van der Waals surface area contributed by atoms with Crippen LogP contribution in [-0.2, 0) is 4.79 Å². The van der Waals surface area contributed by atoms with Gasteiger partial charge in [-0.1, -0.05) is 0 Å². The summed E-state index contributed by atoms with van der Waals surface area (Å²) in [4.78, 5) is 15.8. The van der Waals surface area contributed by atoms with Gasteiger partial charge in [0.2, 0.25) is 5.91 Å². The Kier molecular flexibility index (Phi) is 5.05. The molecule has 2 rings (SSSR count). The molecule has 0 aliphatic carbocycles. The molecule has 0 spiro atoms. The highest BCUT2D eigenvalue weighted by molar-refractivity contribution is 6.17. The number of benzene rings is 1. The van der Waals surface area contributed by atoms with Crippen molar-refractivity contribution >= 4 is 23.2 Å². The molecule has 1 fully saturated rings. The van der Waals surface area contributed by atoms with Gasteiger partial charge in [-0.2, -0.15) is 0 Å². The van der Waals surface area contributed by atoms with E-state index in [2.05, 4.69) is 0 Å². The summed E-state index contributed by atoms with van der Waals surface area (Å²) in [7, 11) is 1.96. The number of likely N-dealkylation sites (N-methyl/N-ethyl adjacent to an activating group) is 1. The lowest BCUT2D eigenvalue weighted by Gasteiger charge is -2.32. The second kappa shape index (κ2) is 6.78. The topological polar surface area (TPSA) is 32.8 Å². The average molecular weight is 283 g/mol. The zero-order valence-corrected chi connectivity index (χ0v) is 11.9. The van der Waals surface area contributed by atoms with Gasteiger partial charge in [0.1, 0.15) is 5.75 Å². The number of alkyl halides is 1. The lowest BCUT2D eigenvalue weighted by atomic mass is 10.2. The van der Waals surface area contributed by atoms with Gasteiger partial charge >= 0.3 is 0 Å². The van der Waals surface area contributed by atoms with Gasteiger partial charge in [0.25, 0.3) is 0 Å². The van der Waals surface area contributed by atoms with Gasteiger partial charge in [-0.25, -0.2) is 0 Å². The molecular weight excluding hydrogens is 264 g/mol. The van der Waals surface area contributed by atoms with Crippen LogP contribution < -0.4 is 9.64 Å². The fraction of sp³-hybridized carbons (Fsp3) is 0.500. The van der Waals surface area contributed by atoms with Crippen LogP contribution in [0.15, 0.2) is 24.3 Å². The number of hydrogen-bond acceptors (Lipinski definition) is 3. The summed E-state index contributed by atoms with van der Waals surface area (Å²) in [6.07, 6.45) is 0.834. The minimum absolute atomic E-state index is 0.143. The maximum absolute atomic E-state index is 11.9. The van der Waals surface area contributed by atoms with Crippen molar-refractivity contribution in [1.29, 1.82) is 0 Å². The maximum Gasteiger partial charge on any atom is 0.241 e. The highest BCUT2D eigenvalue weighted by Gasteiger charge is 2.22. The van der Waals surface area contributed by atoms with E-state index in [-0.39, 0.29) is 5.91 Å². The van der Waals surface area contributed by atoms with Gasteiger partial charge in [-0.3, -0.25) is 9.69 Å². The summed E-state index contributed by atoms with van der Waals surface area (Å²) in [6.45, 7) is 2.74. The van der Waals surface area contributed by atoms with Crippen LogP contribution in [-0.4, -0.2) is 50.0 Å².